The number of rotatable bonds is 8. The topological polar surface area (TPSA) is 88.6 Å². The van der Waals surface area contributed by atoms with Gasteiger partial charge in [-0.3, -0.25) is 4.79 Å². The summed E-state index contributed by atoms with van der Waals surface area (Å²) in [6, 6.07) is 1.25. The van der Waals surface area contributed by atoms with E-state index in [0.717, 1.165) is 18.4 Å². The Morgan fingerprint density at radius 1 is 1.29 bits per heavy atom. The van der Waals surface area contributed by atoms with Crippen molar-refractivity contribution in [2.75, 3.05) is 7.11 Å². The highest BCUT2D eigenvalue weighted by Gasteiger charge is 2.42. The van der Waals surface area contributed by atoms with Crippen LogP contribution in [0.4, 0.5) is 0 Å². The second-order valence-electron chi connectivity index (χ2n) is 10.5. The fraction of sp³-hybridized carbons (Fsp3) is 0.680. The number of carbonyl (C=O) groups excluding carboxylic acids is 1. The van der Waals surface area contributed by atoms with Gasteiger partial charge in [0.25, 0.3) is 0 Å². The van der Waals surface area contributed by atoms with Crippen LogP contribution in [-0.2, 0) is 9.47 Å². The van der Waals surface area contributed by atoms with Crippen molar-refractivity contribution in [3.63, 3.8) is 0 Å². The molecule has 6 nitrogen and oxygen atoms in total. The molecule has 0 fully saturated rings. The molecule has 1 aliphatic heterocycles. The van der Waals surface area contributed by atoms with Gasteiger partial charge in [0.15, 0.2) is 5.43 Å². The summed E-state index contributed by atoms with van der Waals surface area (Å²) in [4.78, 5) is 27.3. The quantitative estimate of drug-likeness (QED) is 0.460. The van der Waals surface area contributed by atoms with Crippen molar-refractivity contribution in [1.82, 2.24) is 4.98 Å². The van der Waals surface area contributed by atoms with E-state index in [1.165, 1.54) is 12.3 Å². The molecule has 0 amide bonds. The molecular formula is C25H39NO5. The number of aliphatic hydroxyl groups excluding tert-OH is 1. The number of ether oxygens (including phenoxy) is 2. The van der Waals surface area contributed by atoms with Crippen molar-refractivity contribution >= 4 is 5.97 Å². The second kappa shape index (κ2) is 10.1. The normalized spacial score (nSPS) is 23.5. The van der Waals surface area contributed by atoms with Crippen LogP contribution in [0.2, 0.25) is 0 Å². The van der Waals surface area contributed by atoms with E-state index in [1.54, 1.807) is 7.11 Å². The molecule has 6 atom stereocenters. The number of allylic oxidation sites excluding steroid dienone is 1. The first-order valence-electron chi connectivity index (χ1n) is 11.2. The zero-order chi connectivity index (χ0) is 23.5. The predicted molar refractivity (Wildman–Crippen MR) is 122 cm³/mol. The van der Waals surface area contributed by atoms with Crippen molar-refractivity contribution in [2.45, 2.75) is 79.6 Å². The third kappa shape index (κ3) is 6.30. The minimum atomic E-state index is -1.12. The van der Waals surface area contributed by atoms with Crippen LogP contribution in [0.3, 0.4) is 0 Å². The number of aromatic amines is 1. The number of aromatic nitrogens is 1. The molecule has 2 N–H and O–H groups in total. The van der Waals surface area contributed by atoms with Crippen LogP contribution in [0.15, 0.2) is 28.7 Å². The molecule has 31 heavy (non-hydrogen) atoms. The number of hydrogen-bond acceptors (Lipinski definition) is 5. The molecule has 0 bridgehead atoms. The van der Waals surface area contributed by atoms with Crippen LogP contribution in [0.5, 0.6) is 0 Å². The minimum absolute atomic E-state index is 0.124. The van der Waals surface area contributed by atoms with Gasteiger partial charge in [-0.2, -0.15) is 0 Å². The summed E-state index contributed by atoms with van der Waals surface area (Å²) >= 11 is 0. The highest BCUT2D eigenvalue weighted by Crippen LogP contribution is 2.35. The summed E-state index contributed by atoms with van der Waals surface area (Å²) in [5.41, 5.74) is 0.977. The Kier molecular flexibility index (Phi) is 8.28. The van der Waals surface area contributed by atoms with Gasteiger partial charge < -0.3 is 19.6 Å². The summed E-state index contributed by atoms with van der Waals surface area (Å²) in [6.45, 7) is 15.2. The summed E-state index contributed by atoms with van der Waals surface area (Å²) in [5.74, 6) is -0.0406. The molecule has 6 heteroatoms. The van der Waals surface area contributed by atoms with Crippen molar-refractivity contribution in [3.05, 3.63) is 45.4 Å². The Balaban J connectivity index is 2.17. The predicted octanol–water partition coefficient (Wildman–Crippen LogP) is 4.64. The number of aliphatic hydroxyl groups is 1. The Morgan fingerprint density at radius 3 is 2.52 bits per heavy atom. The first-order chi connectivity index (χ1) is 14.4. The third-order valence-electron chi connectivity index (χ3n) is 6.02. The van der Waals surface area contributed by atoms with Crippen molar-refractivity contribution in [2.24, 2.45) is 23.2 Å². The first kappa shape index (κ1) is 25.3. The summed E-state index contributed by atoms with van der Waals surface area (Å²) in [6.07, 6.45) is 3.63. The van der Waals surface area contributed by atoms with E-state index >= 15 is 0 Å². The number of carbonyl (C=O) groups is 1. The summed E-state index contributed by atoms with van der Waals surface area (Å²) in [7, 11) is 1.62. The fourth-order valence-corrected chi connectivity index (χ4v) is 5.11. The maximum atomic E-state index is 12.5. The molecule has 174 valence electrons. The number of fused-ring (bicyclic) bond motifs is 1. The van der Waals surface area contributed by atoms with Gasteiger partial charge in [0, 0.05) is 25.3 Å². The largest absolute Gasteiger partial charge is 0.455 e. The standard InChI is InChI=1S/C25H39NO5/c1-14(11-15(2)13-25(5,6)7)12-16(3)22(30-8)17(4)23-21(28)20-19(24(29)31-23)18(27)9-10-26-20/h9-10,12,14-15,17,21-23,28H,11,13H2,1-8H3,(H,26,27)/b16-12+. The van der Waals surface area contributed by atoms with Crippen molar-refractivity contribution < 1.29 is 19.4 Å². The lowest BCUT2D eigenvalue weighted by Gasteiger charge is -2.36. The molecule has 1 aromatic heterocycles. The highest BCUT2D eigenvalue weighted by molar-refractivity contribution is 5.91. The number of pyridine rings is 1. The van der Waals surface area contributed by atoms with E-state index in [-0.39, 0.29) is 23.3 Å². The first-order valence-corrected chi connectivity index (χ1v) is 11.2. The van der Waals surface area contributed by atoms with Crippen LogP contribution in [0.1, 0.15) is 83.5 Å². The van der Waals surface area contributed by atoms with Gasteiger partial charge in [-0.1, -0.05) is 47.6 Å². The average molecular weight is 434 g/mol. The van der Waals surface area contributed by atoms with Gasteiger partial charge in [-0.25, -0.2) is 4.79 Å². The molecule has 6 unspecified atom stereocenters. The molecule has 0 aliphatic carbocycles. The molecule has 0 radical (unpaired) electrons. The van der Waals surface area contributed by atoms with E-state index in [2.05, 4.69) is 45.7 Å². The van der Waals surface area contributed by atoms with Crippen LogP contribution < -0.4 is 5.43 Å². The molecule has 0 saturated heterocycles. The van der Waals surface area contributed by atoms with Gasteiger partial charge in [0.05, 0.1) is 11.8 Å². The Bertz CT molecular complexity index is 850. The molecule has 0 saturated carbocycles. The van der Waals surface area contributed by atoms with E-state index in [0.29, 0.717) is 17.3 Å². The van der Waals surface area contributed by atoms with E-state index in [9.17, 15) is 14.7 Å². The lowest BCUT2D eigenvalue weighted by atomic mass is 9.81. The van der Waals surface area contributed by atoms with Crippen LogP contribution in [0.25, 0.3) is 0 Å². The maximum absolute atomic E-state index is 12.5. The van der Waals surface area contributed by atoms with Gasteiger partial charge in [-0.05, 0) is 42.6 Å². The smallest absolute Gasteiger partial charge is 0.344 e. The number of H-pyrrole nitrogens is 1. The van der Waals surface area contributed by atoms with Gasteiger partial charge in [0.2, 0.25) is 0 Å². The molecule has 2 heterocycles. The molecule has 0 aromatic carbocycles. The Hall–Kier alpha value is -1.92. The molecule has 1 aromatic rings. The molecular weight excluding hydrogens is 394 g/mol. The van der Waals surface area contributed by atoms with Gasteiger partial charge >= 0.3 is 5.97 Å². The SMILES string of the molecule is COC(/C(C)=C/C(C)CC(C)CC(C)(C)C)C(C)C1OC(=O)c2c([nH]ccc2=O)C1O. The highest BCUT2D eigenvalue weighted by atomic mass is 16.6. The van der Waals surface area contributed by atoms with Crippen LogP contribution in [0, 0.1) is 23.2 Å². The number of cyclic esters (lactones) is 1. The second-order valence-corrected chi connectivity index (χ2v) is 10.5. The van der Waals surface area contributed by atoms with Gasteiger partial charge in [-0.15, -0.1) is 0 Å². The van der Waals surface area contributed by atoms with Crippen molar-refractivity contribution in [1.29, 1.82) is 0 Å². The molecule has 1 aliphatic rings. The van der Waals surface area contributed by atoms with E-state index in [1.807, 2.05) is 13.8 Å². The molecule has 2 rings (SSSR count). The van der Waals surface area contributed by atoms with E-state index < -0.39 is 23.6 Å². The summed E-state index contributed by atoms with van der Waals surface area (Å²) in [5, 5.41) is 10.8. The number of nitrogens with one attached hydrogen (secondary N) is 1. The number of hydrogen-bond donors (Lipinski definition) is 2. The van der Waals surface area contributed by atoms with Crippen molar-refractivity contribution in [3.8, 4) is 0 Å². The lowest BCUT2D eigenvalue weighted by molar-refractivity contribution is -0.0782. The Morgan fingerprint density at radius 2 is 1.94 bits per heavy atom. The third-order valence-corrected chi connectivity index (χ3v) is 6.02. The van der Waals surface area contributed by atoms with Crippen LogP contribution in [-0.4, -0.2) is 35.4 Å². The lowest BCUT2D eigenvalue weighted by Crippen LogP contribution is -2.44. The number of esters is 1. The molecule has 0 spiro atoms. The van der Waals surface area contributed by atoms with Gasteiger partial charge in [0.1, 0.15) is 17.8 Å². The number of methoxy groups -OCH3 is 1. The zero-order valence-electron chi connectivity index (χ0n) is 20.2. The fourth-order valence-electron chi connectivity index (χ4n) is 5.11. The maximum Gasteiger partial charge on any atom is 0.344 e. The Labute approximate surface area is 186 Å². The summed E-state index contributed by atoms with van der Waals surface area (Å²) < 4.78 is 11.3. The monoisotopic (exact) mass is 433 g/mol. The zero-order valence-corrected chi connectivity index (χ0v) is 20.2. The van der Waals surface area contributed by atoms with Crippen LogP contribution >= 0.6 is 0 Å². The minimum Gasteiger partial charge on any atom is -0.455 e. The average Bonchev–Trinajstić information content (AvgIpc) is 2.63. The van der Waals surface area contributed by atoms with E-state index in [4.69, 9.17) is 9.47 Å².